The van der Waals surface area contributed by atoms with Crippen LogP contribution in [0.1, 0.15) is 18.9 Å². The highest BCUT2D eigenvalue weighted by atomic mass is 32.1. The molecule has 1 heterocycles. The Morgan fingerprint density at radius 1 is 1.27 bits per heavy atom. The first kappa shape index (κ1) is 9.95. The molecule has 0 amide bonds. The van der Waals surface area contributed by atoms with Gasteiger partial charge in [0.25, 0.3) is 0 Å². The van der Waals surface area contributed by atoms with Crippen molar-refractivity contribution in [2.75, 3.05) is 0 Å². The van der Waals surface area contributed by atoms with E-state index < -0.39 is 0 Å². The van der Waals surface area contributed by atoms with E-state index in [0.717, 1.165) is 12.0 Å². The lowest BCUT2D eigenvalue weighted by atomic mass is 10.1. The van der Waals surface area contributed by atoms with Crippen LogP contribution in [0.2, 0.25) is 0 Å². The van der Waals surface area contributed by atoms with E-state index in [0.29, 0.717) is 0 Å². The lowest BCUT2D eigenvalue weighted by Gasteiger charge is -1.96. The van der Waals surface area contributed by atoms with Crippen LogP contribution in [0, 0.1) is 11.8 Å². The summed E-state index contributed by atoms with van der Waals surface area (Å²) in [5.74, 6) is 6.16. The van der Waals surface area contributed by atoms with Crippen LogP contribution in [-0.2, 0) is 0 Å². The number of thiazole rings is 1. The van der Waals surface area contributed by atoms with Gasteiger partial charge in [0.2, 0.25) is 0 Å². The fourth-order valence-corrected chi connectivity index (χ4v) is 1.90. The molecule has 0 saturated carbocycles. The number of hydrogen-bond donors (Lipinski definition) is 0. The van der Waals surface area contributed by atoms with Gasteiger partial charge in [-0.3, -0.25) is 4.98 Å². The molecule has 0 unspecified atom stereocenters. The Morgan fingerprint density at radius 2 is 2.07 bits per heavy atom. The van der Waals surface area contributed by atoms with E-state index in [1.165, 1.54) is 10.4 Å². The van der Waals surface area contributed by atoms with Crippen molar-refractivity contribution in [2.45, 2.75) is 13.3 Å². The Morgan fingerprint density at radius 3 is 2.67 bits per heavy atom. The predicted octanol–water partition coefficient (Wildman–Crippen LogP) is 3.57. The van der Waals surface area contributed by atoms with Crippen molar-refractivity contribution < 1.29 is 0 Å². The Labute approximate surface area is 93.8 Å². The van der Waals surface area contributed by atoms with Crippen LogP contribution in [-0.4, -0.2) is 4.98 Å². The number of benzene rings is 1. The molecule has 1 nitrogen and oxygen atoms in total. The molecule has 0 aliphatic rings. The first-order chi connectivity index (χ1) is 7.40. The Hall–Kier alpha value is -1.59. The maximum atomic E-state index is 4.06. The third kappa shape index (κ3) is 2.45. The van der Waals surface area contributed by atoms with Gasteiger partial charge in [-0.2, -0.15) is 0 Å². The minimum Gasteiger partial charge on any atom is -0.252 e. The van der Waals surface area contributed by atoms with Crippen molar-refractivity contribution in [3.63, 3.8) is 0 Å². The zero-order valence-electron chi connectivity index (χ0n) is 8.53. The van der Waals surface area contributed by atoms with Crippen molar-refractivity contribution in [3.8, 4) is 22.3 Å². The number of nitrogens with zero attached hydrogens (tertiary/aromatic N) is 1. The maximum Gasteiger partial charge on any atom is 0.0797 e. The molecule has 0 saturated heterocycles. The van der Waals surface area contributed by atoms with Gasteiger partial charge in [0.05, 0.1) is 10.4 Å². The van der Waals surface area contributed by atoms with Crippen molar-refractivity contribution in [1.82, 2.24) is 4.98 Å². The van der Waals surface area contributed by atoms with Crippen LogP contribution in [0.4, 0.5) is 0 Å². The molecular weight excluding hydrogens is 202 g/mol. The first-order valence-electron chi connectivity index (χ1n) is 4.88. The second kappa shape index (κ2) is 4.77. The monoisotopic (exact) mass is 213 g/mol. The first-order valence-corrected chi connectivity index (χ1v) is 5.76. The summed E-state index contributed by atoms with van der Waals surface area (Å²) < 4.78 is 0. The average Bonchev–Trinajstić information content (AvgIpc) is 2.80. The zero-order chi connectivity index (χ0) is 10.5. The minimum absolute atomic E-state index is 0.899. The summed E-state index contributed by atoms with van der Waals surface area (Å²) in [5, 5.41) is 0. The molecule has 0 atom stereocenters. The molecule has 0 bridgehead atoms. The standard InChI is InChI=1S/C13H11NS/c1-2-3-4-11-5-7-12(8-6-11)13-9-14-10-15-13/h5-10H,2H2,1H3. The summed E-state index contributed by atoms with van der Waals surface area (Å²) in [5.41, 5.74) is 4.13. The molecule has 0 spiro atoms. The largest absolute Gasteiger partial charge is 0.252 e. The van der Waals surface area contributed by atoms with Crippen LogP contribution in [0.25, 0.3) is 10.4 Å². The zero-order valence-corrected chi connectivity index (χ0v) is 9.34. The summed E-state index contributed by atoms with van der Waals surface area (Å²) in [4.78, 5) is 5.26. The highest BCUT2D eigenvalue weighted by Gasteiger charge is 1.97. The molecule has 2 rings (SSSR count). The topological polar surface area (TPSA) is 12.9 Å². The number of aromatic nitrogens is 1. The van der Waals surface area contributed by atoms with Gasteiger partial charge in [-0.15, -0.1) is 11.3 Å². The lowest BCUT2D eigenvalue weighted by molar-refractivity contribution is 1.28. The number of hydrogen-bond acceptors (Lipinski definition) is 2. The Bertz CT molecular complexity index is 471. The van der Waals surface area contributed by atoms with Crippen LogP contribution in [0.3, 0.4) is 0 Å². The van der Waals surface area contributed by atoms with E-state index in [-0.39, 0.29) is 0 Å². The van der Waals surface area contributed by atoms with Gasteiger partial charge >= 0.3 is 0 Å². The highest BCUT2D eigenvalue weighted by Crippen LogP contribution is 2.22. The smallest absolute Gasteiger partial charge is 0.0797 e. The molecule has 2 heteroatoms. The van der Waals surface area contributed by atoms with Crippen molar-refractivity contribution in [3.05, 3.63) is 41.5 Å². The van der Waals surface area contributed by atoms with Crippen molar-refractivity contribution >= 4 is 11.3 Å². The molecule has 2 aromatic rings. The summed E-state index contributed by atoms with van der Waals surface area (Å²) in [6.45, 7) is 2.05. The lowest BCUT2D eigenvalue weighted by Crippen LogP contribution is -1.75. The molecule has 0 aliphatic heterocycles. The summed E-state index contributed by atoms with van der Waals surface area (Å²) in [7, 11) is 0. The molecule has 0 fully saturated rings. The Kier molecular flexibility index (Phi) is 3.16. The van der Waals surface area contributed by atoms with Gasteiger partial charge in [0.1, 0.15) is 0 Å². The Balaban J connectivity index is 2.25. The molecule has 74 valence electrons. The van der Waals surface area contributed by atoms with Crippen LogP contribution >= 0.6 is 11.3 Å². The summed E-state index contributed by atoms with van der Waals surface area (Å²) in [6, 6.07) is 8.29. The number of rotatable bonds is 1. The summed E-state index contributed by atoms with van der Waals surface area (Å²) in [6.07, 6.45) is 2.79. The van der Waals surface area contributed by atoms with Crippen LogP contribution in [0.5, 0.6) is 0 Å². The van der Waals surface area contributed by atoms with Crippen LogP contribution < -0.4 is 0 Å². The highest BCUT2D eigenvalue weighted by molar-refractivity contribution is 7.13. The van der Waals surface area contributed by atoms with E-state index in [4.69, 9.17) is 0 Å². The maximum absolute atomic E-state index is 4.06. The van der Waals surface area contributed by atoms with Gasteiger partial charge in [-0.05, 0) is 17.7 Å². The molecule has 15 heavy (non-hydrogen) atoms. The third-order valence-electron chi connectivity index (χ3n) is 2.01. The van der Waals surface area contributed by atoms with Gasteiger partial charge in [0.15, 0.2) is 0 Å². The van der Waals surface area contributed by atoms with Gasteiger partial charge in [0, 0.05) is 18.2 Å². The second-order valence-corrected chi connectivity index (χ2v) is 3.98. The molecule has 1 aromatic carbocycles. The van der Waals surface area contributed by atoms with E-state index in [1.54, 1.807) is 11.3 Å². The van der Waals surface area contributed by atoms with Crippen molar-refractivity contribution in [1.29, 1.82) is 0 Å². The van der Waals surface area contributed by atoms with Gasteiger partial charge in [-0.25, -0.2) is 0 Å². The van der Waals surface area contributed by atoms with E-state index >= 15 is 0 Å². The molecule has 0 N–H and O–H groups in total. The second-order valence-electron chi connectivity index (χ2n) is 3.10. The van der Waals surface area contributed by atoms with E-state index in [9.17, 15) is 0 Å². The quantitative estimate of drug-likeness (QED) is 0.660. The van der Waals surface area contributed by atoms with E-state index in [1.807, 2.05) is 11.7 Å². The molecule has 1 aromatic heterocycles. The van der Waals surface area contributed by atoms with Crippen LogP contribution in [0.15, 0.2) is 36.0 Å². The molecule has 0 aliphatic carbocycles. The van der Waals surface area contributed by atoms with E-state index in [2.05, 4.69) is 48.0 Å². The average molecular weight is 213 g/mol. The van der Waals surface area contributed by atoms with Gasteiger partial charge in [-0.1, -0.05) is 30.9 Å². The fourth-order valence-electron chi connectivity index (χ4n) is 1.27. The minimum atomic E-state index is 0.899. The molecular formula is C13H11NS. The third-order valence-corrected chi connectivity index (χ3v) is 2.83. The summed E-state index contributed by atoms with van der Waals surface area (Å²) >= 11 is 1.65. The SMILES string of the molecule is CCC#Cc1ccc(-c2cncs2)cc1. The predicted molar refractivity (Wildman–Crippen MR) is 64.7 cm³/mol. The molecule has 0 radical (unpaired) electrons. The fraction of sp³-hybridized carbons (Fsp3) is 0.154. The van der Waals surface area contributed by atoms with Crippen molar-refractivity contribution in [2.24, 2.45) is 0 Å². The normalized spacial score (nSPS) is 9.40. The van der Waals surface area contributed by atoms with Gasteiger partial charge < -0.3 is 0 Å².